The maximum atomic E-state index is 11.4. The average molecular weight is 187 g/mol. The zero-order valence-electron chi connectivity index (χ0n) is 8.17. The van der Waals surface area contributed by atoms with Gasteiger partial charge >= 0.3 is 0 Å². The smallest absolute Gasteiger partial charge is 0.228 e. The number of rotatable bonds is 6. The fourth-order valence-electron chi connectivity index (χ4n) is 0.865. The van der Waals surface area contributed by atoms with E-state index in [0.29, 0.717) is 12.8 Å². The van der Waals surface area contributed by atoms with Crippen molar-refractivity contribution in [1.29, 1.82) is 0 Å². The SMILES string of the molecule is CCCNC(=O)C(C)(CO)CC=O. The summed E-state index contributed by atoms with van der Waals surface area (Å²) in [4.78, 5) is 21.7. The van der Waals surface area contributed by atoms with Gasteiger partial charge in [0, 0.05) is 13.0 Å². The Bertz CT molecular complexity index is 182. The summed E-state index contributed by atoms with van der Waals surface area (Å²) in [5.74, 6) is -0.260. The quantitative estimate of drug-likeness (QED) is 0.579. The van der Waals surface area contributed by atoms with Gasteiger partial charge in [-0.2, -0.15) is 0 Å². The molecule has 0 aromatic heterocycles. The van der Waals surface area contributed by atoms with Gasteiger partial charge in [-0.25, -0.2) is 0 Å². The lowest BCUT2D eigenvalue weighted by atomic mass is 9.87. The van der Waals surface area contributed by atoms with Crippen molar-refractivity contribution < 1.29 is 14.7 Å². The highest BCUT2D eigenvalue weighted by molar-refractivity contribution is 5.84. The van der Waals surface area contributed by atoms with E-state index >= 15 is 0 Å². The lowest BCUT2D eigenvalue weighted by Gasteiger charge is -2.23. The fraction of sp³-hybridized carbons (Fsp3) is 0.778. The minimum atomic E-state index is -0.961. The van der Waals surface area contributed by atoms with E-state index in [0.717, 1.165) is 6.42 Å². The molecule has 1 atom stereocenters. The molecule has 76 valence electrons. The highest BCUT2D eigenvalue weighted by atomic mass is 16.3. The third kappa shape index (κ3) is 3.55. The molecule has 2 N–H and O–H groups in total. The van der Waals surface area contributed by atoms with Crippen molar-refractivity contribution in [2.75, 3.05) is 13.2 Å². The molecule has 0 aliphatic carbocycles. The van der Waals surface area contributed by atoms with Crippen LogP contribution in [-0.2, 0) is 9.59 Å². The summed E-state index contributed by atoms with van der Waals surface area (Å²) in [6.45, 7) is 3.79. The van der Waals surface area contributed by atoms with Gasteiger partial charge in [0.25, 0.3) is 0 Å². The topological polar surface area (TPSA) is 66.4 Å². The second kappa shape index (κ2) is 5.70. The predicted octanol–water partition coefficient (Wildman–Crippen LogP) is 0.100. The molecule has 0 saturated carbocycles. The molecule has 0 spiro atoms. The Labute approximate surface area is 78.3 Å². The third-order valence-electron chi connectivity index (χ3n) is 1.97. The van der Waals surface area contributed by atoms with E-state index < -0.39 is 5.41 Å². The van der Waals surface area contributed by atoms with Gasteiger partial charge in [-0.1, -0.05) is 6.92 Å². The number of carbonyl (C=O) groups excluding carboxylic acids is 2. The predicted molar refractivity (Wildman–Crippen MR) is 49.2 cm³/mol. The largest absolute Gasteiger partial charge is 0.395 e. The van der Waals surface area contributed by atoms with Gasteiger partial charge in [-0.05, 0) is 13.3 Å². The summed E-state index contributed by atoms with van der Waals surface area (Å²) in [6, 6.07) is 0. The van der Waals surface area contributed by atoms with Crippen LogP contribution >= 0.6 is 0 Å². The van der Waals surface area contributed by atoms with Crippen molar-refractivity contribution >= 4 is 12.2 Å². The van der Waals surface area contributed by atoms with Crippen LogP contribution in [0.2, 0.25) is 0 Å². The van der Waals surface area contributed by atoms with Crippen molar-refractivity contribution in [3.05, 3.63) is 0 Å². The summed E-state index contributed by atoms with van der Waals surface area (Å²) in [5.41, 5.74) is -0.961. The highest BCUT2D eigenvalue weighted by Gasteiger charge is 2.31. The van der Waals surface area contributed by atoms with Crippen LogP contribution in [0.5, 0.6) is 0 Å². The van der Waals surface area contributed by atoms with Crippen molar-refractivity contribution in [3.63, 3.8) is 0 Å². The summed E-state index contributed by atoms with van der Waals surface area (Å²) in [5, 5.41) is 11.6. The fourth-order valence-corrected chi connectivity index (χ4v) is 0.865. The molecule has 0 aliphatic heterocycles. The number of hydrogen-bond donors (Lipinski definition) is 2. The molecule has 4 nitrogen and oxygen atoms in total. The van der Waals surface area contributed by atoms with Crippen LogP contribution in [-0.4, -0.2) is 30.5 Å². The standard InChI is InChI=1S/C9H17NO3/c1-3-5-10-8(13)9(2,7-12)4-6-11/h6,12H,3-5,7H2,1-2H3,(H,10,13). The summed E-state index contributed by atoms with van der Waals surface area (Å²) in [7, 11) is 0. The van der Waals surface area contributed by atoms with E-state index in [-0.39, 0.29) is 18.9 Å². The molecule has 0 saturated heterocycles. The van der Waals surface area contributed by atoms with Crippen LogP contribution in [0, 0.1) is 5.41 Å². The zero-order valence-corrected chi connectivity index (χ0v) is 8.17. The Morgan fingerprint density at radius 2 is 2.23 bits per heavy atom. The molecule has 0 aliphatic rings. The van der Waals surface area contributed by atoms with E-state index in [2.05, 4.69) is 5.32 Å². The highest BCUT2D eigenvalue weighted by Crippen LogP contribution is 2.18. The molecule has 4 heteroatoms. The summed E-state index contributed by atoms with van der Waals surface area (Å²) in [6.07, 6.45) is 1.55. The second-order valence-corrected chi connectivity index (χ2v) is 3.35. The molecule has 1 amide bonds. The maximum Gasteiger partial charge on any atom is 0.228 e. The Balaban J connectivity index is 4.19. The minimum Gasteiger partial charge on any atom is -0.395 e. The molecule has 1 unspecified atom stereocenters. The van der Waals surface area contributed by atoms with E-state index in [1.54, 1.807) is 6.92 Å². The first-order chi connectivity index (χ1) is 6.10. The molecule has 0 heterocycles. The summed E-state index contributed by atoms with van der Waals surface area (Å²) < 4.78 is 0. The van der Waals surface area contributed by atoms with Gasteiger partial charge in [0.1, 0.15) is 6.29 Å². The van der Waals surface area contributed by atoms with E-state index in [1.807, 2.05) is 6.92 Å². The lowest BCUT2D eigenvalue weighted by Crippen LogP contribution is -2.42. The van der Waals surface area contributed by atoms with Crippen molar-refractivity contribution in [1.82, 2.24) is 5.32 Å². The van der Waals surface area contributed by atoms with Gasteiger partial charge in [-0.15, -0.1) is 0 Å². The molecule has 0 fully saturated rings. The molecular weight excluding hydrogens is 170 g/mol. The van der Waals surface area contributed by atoms with Gasteiger partial charge in [-0.3, -0.25) is 4.79 Å². The van der Waals surface area contributed by atoms with Crippen LogP contribution in [0.4, 0.5) is 0 Å². The van der Waals surface area contributed by atoms with Crippen LogP contribution in [0.15, 0.2) is 0 Å². The third-order valence-corrected chi connectivity index (χ3v) is 1.97. The van der Waals surface area contributed by atoms with Crippen LogP contribution in [0.1, 0.15) is 26.7 Å². The van der Waals surface area contributed by atoms with Crippen LogP contribution < -0.4 is 5.32 Å². The minimum absolute atomic E-state index is 0.0546. The number of nitrogens with one attached hydrogen (secondary N) is 1. The number of carbonyl (C=O) groups is 2. The first-order valence-electron chi connectivity index (χ1n) is 4.43. The van der Waals surface area contributed by atoms with Gasteiger partial charge in [0.05, 0.1) is 12.0 Å². The molecule has 0 radical (unpaired) electrons. The van der Waals surface area contributed by atoms with Crippen molar-refractivity contribution in [3.8, 4) is 0 Å². The van der Waals surface area contributed by atoms with Crippen LogP contribution in [0.25, 0.3) is 0 Å². The number of aliphatic hydroxyl groups excluding tert-OH is 1. The Kier molecular flexibility index (Phi) is 5.30. The Morgan fingerprint density at radius 1 is 1.62 bits per heavy atom. The first-order valence-corrected chi connectivity index (χ1v) is 4.43. The molecule has 0 aromatic rings. The van der Waals surface area contributed by atoms with Gasteiger partial charge in [0.2, 0.25) is 5.91 Å². The van der Waals surface area contributed by atoms with Crippen LogP contribution in [0.3, 0.4) is 0 Å². The second-order valence-electron chi connectivity index (χ2n) is 3.35. The monoisotopic (exact) mass is 187 g/mol. The maximum absolute atomic E-state index is 11.4. The molecule has 13 heavy (non-hydrogen) atoms. The molecular formula is C9H17NO3. The molecule has 0 rings (SSSR count). The van der Waals surface area contributed by atoms with Gasteiger partial charge in [0.15, 0.2) is 0 Å². The average Bonchev–Trinajstić information content (AvgIpc) is 2.14. The number of aliphatic hydroxyl groups is 1. The first kappa shape index (κ1) is 12.1. The van der Waals surface area contributed by atoms with E-state index in [9.17, 15) is 9.59 Å². The molecule has 0 bridgehead atoms. The van der Waals surface area contributed by atoms with Gasteiger partial charge < -0.3 is 15.2 Å². The molecule has 0 aromatic carbocycles. The summed E-state index contributed by atoms with van der Waals surface area (Å²) >= 11 is 0. The Morgan fingerprint density at radius 3 is 2.62 bits per heavy atom. The van der Waals surface area contributed by atoms with Crippen molar-refractivity contribution in [2.45, 2.75) is 26.7 Å². The number of hydrogen-bond acceptors (Lipinski definition) is 3. The lowest BCUT2D eigenvalue weighted by molar-refractivity contribution is -0.134. The number of amides is 1. The Hall–Kier alpha value is -0.900. The zero-order chi connectivity index (χ0) is 10.3. The van der Waals surface area contributed by atoms with E-state index in [4.69, 9.17) is 5.11 Å². The number of aldehydes is 1. The normalized spacial score (nSPS) is 14.7. The van der Waals surface area contributed by atoms with E-state index in [1.165, 1.54) is 0 Å². The van der Waals surface area contributed by atoms with Crippen molar-refractivity contribution in [2.24, 2.45) is 5.41 Å².